The highest BCUT2D eigenvalue weighted by molar-refractivity contribution is 6.20. The fourth-order valence-electron chi connectivity index (χ4n) is 10.6. The van der Waals surface area contributed by atoms with Crippen LogP contribution in [0.4, 0.5) is 0 Å². The number of furan rings is 1. The van der Waals surface area contributed by atoms with Crippen molar-refractivity contribution >= 4 is 65.4 Å². The van der Waals surface area contributed by atoms with E-state index in [0.29, 0.717) is 0 Å². The summed E-state index contributed by atoms with van der Waals surface area (Å²) >= 11 is 0. The lowest BCUT2D eigenvalue weighted by Crippen LogP contribution is -2.19. The Morgan fingerprint density at radius 3 is 1.80 bits per heavy atom. The molecule has 0 N–H and O–H groups in total. The van der Waals surface area contributed by atoms with Gasteiger partial charge in [0.15, 0.2) is 0 Å². The fourth-order valence-corrected chi connectivity index (χ4v) is 10.6. The molecule has 0 saturated heterocycles. The molecule has 0 saturated carbocycles. The van der Waals surface area contributed by atoms with Crippen molar-refractivity contribution in [3.05, 3.63) is 204 Å². The van der Waals surface area contributed by atoms with E-state index in [2.05, 4.69) is 190 Å². The van der Waals surface area contributed by atoms with Gasteiger partial charge in [0.25, 0.3) is 0 Å². The Kier molecular flexibility index (Phi) is 6.58. The monoisotopic (exact) mass is 714 g/mol. The Morgan fingerprint density at radius 1 is 0.446 bits per heavy atom. The van der Waals surface area contributed by atoms with Crippen LogP contribution in [0.25, 0.3) is 87.7 Å². The van der Waals surface area contributed by atoms with E-state index < -0.39 is 0 Å². The summed E-state index contributed by atoms with van der Waals surface area (Å²) < 4.78 is 6.42. The van der Waals surface area contributed by atoms with Gasteiger partial charge in [0.2, 0.25) is 0 Å². The van der Waals surface area contributed by atoms with E-state index >= 15 is 0 Å². The van der Waals surface area contributed by atoms with Gasteiger partial charge in [-0.2, -0.15) is 0 Å². The molecular weight excluding hydrogens is 677 g/mol. The van der Waals surface area contributed by atoms with Crippen molar-refractivity contribution in [2.24, 2.45) is 11.8 Å². The third kappa shape index (κ3) is 4.37. The van der Waals surface area contributed by atoms with Gasteiger partial charge in [0.05, 0.1) is 0 Å². The van der Waals surface area contributed by atoms with Gasteiger partial charge >= 0.3 is 0 Å². The number of benzene rings is 8. The molecule has 1 heterocycles. The van der Waals surface area contributed by atoms with Crippen LogP contribution in [0.1, 0.15) is 36.1 Å². The van der Waals surface area contributed by atoms with Crippen molar-refractivity contribution in [1.29, 1.82) is 0 Å². The average Bonchev–Trinajstić information content (AvgIpc) is 3.72. The Morgan fingerprint density at radius 2 is 1.07 bits per heavy atom. The third-order valence-electron chi connectivity index (χ3n) is 13.0. The zero-order valence-corrected chi connectivity index (χ0v) is 31.4. The SMILES string of the molecule is CC1(C)c2ccc(-c3c4ccccc4c(C4=CC=C(c5ccccc5)C5C=CC=CC45)c4ccccc34)cc2-c2ccc3cc4c(cc3c21)oc1ccccc14. The molecule has 1 nitrogen and oxygen atoms in total. The van der Waals surface area contributed by atoms with Crippen molar-refractivity contribution in [1.82, 2.24) is 0 Å². The second-order valence-corrected chi connectivity index (χ2v) is 16.3. The van der Waals surface area contributed by atoms with Gasteiger partial charge in [-0.25, -0.2) is 0 Å². The summed E-state index contributed by atoms with van der Waals surface area (Å²) in [6, 6.07) is 53.9. The molecule has 264 valence electrons. The van der Waals surface area contributed by atoms with E-state index in [4.69, 9.17) is 4.42 Å². The van der Waals surface area contributed by atoms with Crippen LogP contribution in [0.15, 0.2) is 186 Å². The summed E-state index contributed by atoms with van der Waals surface area (Å²) in [4.78, 5) is 0. The third-order valence-corrected chi connectivity index (χ3v) is 13.0. The first kappa shape index (κ1) is 31.6. The molecule has 2 unspecified atom stereocenters. The van der Waals surface area contributed by atoms with Crippen molar-refractivity contribution in [3.8, 4) is 22.3 Å². The summed E-state index contributed by atoms with van der Waals surface area (Å²) in [5.74, 6) is 0.519. The maximum absolute atomic E-state index is 6.42. The van der Waals surface area contributed by atoms with Crippen molar-refractivity contribution in [3.63, 3.8) is 0 Å². The van der Waals surface area contributed by atoms with Crippen LogP contribution in [0.5, 0.6) is 0 Å². The molecule has 1 heteroatoms. The molecule has 12 rings (SSSR count). The lowest BCUT2D eigenvalue weighted by Gasteiger charge is -2.33. The van der Waals surface area contributed by atoms with E-state index in [9.17, 15) is 0 Å². The summed E-state index contributed by atoms with van der Waals surface area (Å²) in [6.45, 7) is 4.77. The van der Waals surface area contributed by atoms with Crippen molar-refractivity contribution in [2.45, 2.75) is 19.3 Å². The minimum Gasteiger partial charge on any atom is -0.456 e. The zero-order valence-electron chi connectivity index (χ0n) is 31.4. The number of rotatable bonds is 3. The summed E-state index contributed by atoms with van der Waals surface area (Å²) in [6.07, 6.45) is 14.0. The molecule has 8 aromatic carbocycles. The Bertz CT molecular complexity index is 3210. The van der Waals surface area contributed by atoms with Gasteiger partial charge < -0.3 is 4.42 Å². The second kappa shape index (κ2) is 11.7. The molecule has 1 aromatic heterocycles. The normalized spacial score (nSPS) is 18.0. The number of hydrogen-bond acceptors (Lipinski definition) is 1. The predicted molar refractivity (Wildman–Crippen MR) is 237 cm³/mol. The molecule has 0 radical (unpaired) electrons. The standard InChI is InChI=1S/C55H38O/c1-55(2)49-29-25-35(31-47(49)45-26-24-34-30-48-39-18-12-13-23-50(39)56-51(48)32-46(34)54(45)55)52-40-19-8-10-21-42(40)53(43-22-11-9-20-41(43)52)44-28-27-36(33-14-4-3-5-15-33)37-16-6-7-17-38(37)44/h3-32,37-38H,1-2H3. The van der Waals surface area contributed by atoms with Crippen LogP contribution in [-0.4, -0.2) is 0 Å². The Hall–Kier alpha value is -6.70. The lowest BCUT2D eigenvalue weighted by molar-refractivity contribution is 0.663. The predicted octanol–water partition coefficient (Wildman–Crippen LogP) is 14.9. The first-order valence-corrected chi connectivity index (χ1v) is 19.8. The van der Waals surface area contributed by atoms with Crippen molar-refractivity contribution in [2.75, 3.05) is 0 Å². The van der Waals surface area contributed by atoms with E-state index in [1.807, 2.05) is 6.07 Å². The maximum Gasteiger partial charge on any atom is 0.136 e. The molecule has 0 bridgehead atoms. The Balaban J connectivity index is 1.07. The van der Waals surface area contributed by atoms with Gasteiger partial charge in [-0.05, 0) is 112 Å². The summed E-state index contributed by atoms with van der Waals surface area (Å²) in [5.41, 5.74) is 15.0. The van der Waals surface area contributed by atoms with Gasteiger partial charge in [0, 0.05) is 28.0 Å². The highest BCUT2D eigenvalue weighted by Crippen LogP contribution is 2.54. The maximum atomic E-state index is 6.42. The lowest BCUT2D eigenvalue weighted by atomic mass is 9.70. The molecular formula is C55H38O. The molecule has 0 fully saturated rings. The molecule has 0 aliphatic heterocycles. The van der Waals surface area contributed by atoms with Crippen LogP contribution in [0.2, 0.25) is 0 Å². The molecule has 3 aliphatic carbocycles. The Labute approximate surface area is 326 Å². The first-order chi connectivity index (χ1) is 27.5. The summed E-state index contributed by atoms with van der Waals surface area (Å²) in [7, 11) is 0. The van der Waals surface area contributed by atoms with E-state index in [1.165, 1.54) is 98.7 Å². The molecule has 0 spiro atoms. The van der Waals surface area contributed by atoms with Crippen molar-refractivity contribution < 1.29 is 4.42 Å². The van der Waals surface area contributed by atoms with Gasteiger partial charge in [-0.1, -0.05) is 172 Å². The minimum absolute atomic E-state index is 0.172. The molecule has 3 aliphatic rings. The smallest absolute Gasteiger partial charge is 0.136 e. The topological polar surface area (TPSA) is 13.1 Å². The minimum atomic E-state index is -0.172. The number of hydrogen-bond donors (Lipinski definition) is 0. The molecule has 0 amide bonds. The second-order valence-electron chi connectivity index (χ2n) is 16.3. The fraction of sp³-hybridized carbons (Fsp3) is 0.0909. The number of allylic oxidation sites excluding steroid dienone is 8. The van der Waals surface area contributed by atoms with Gasteiger partial charge in [-0.3, -0.25) is 0 Å². The van der Waals surface area contributed by atoms with E-state index in [0.717, 1.165) is 11.2 Å². The zero-order chi connectivity index (χ0) is 37.1. The molecule has 2 atom stereocenters. The van der Waals surface area contributed by atoms with Crippen LogP contribution >= 0.6 is 0 Å². The number of fused-ring (bicyclic) bond motifs is 11. The average molecular weight is 715 g/mol. The molecule has 9 aromatic rings. The number of para-hydroxylation sites is 1. The highest BCUT2D eigenvalue weighted by Gasteiger charge is 2.38. The van der Waals surface area contributed by atoms with Crippen LogP contribution < -0.4 is 0 Å². The quantitative estimate of drug-likeness (QED) is 0.166. The van der Waals surface area contributed by atoms with E-state index in [1.54, 1.807) is 0 Å². The van der Waals surface area contributed by atoms with Gasteiger partial charge in [-0.15, -0.1) is 0 Å². The van der Waals surface area contributed by atoms with Crippen LogP contribution in [-0.2, 0) is 5.41 Å². The van der Waals surface area contributed by atoms with Crippen LogP contribution in [0, 0.1) is 11.8 Å². The molecule has 56 heavy (non-hydrogen) atoms. The highest BCUT2D eigenvalue weighted by atomic mass is 16.3. The summed E-state index contributed by atoms with van der Waals surface area (Å²) in [5, 5.41) is 10.0. The van der Waals surface area contributed by atoms with Crippen LogP contribution in [0.3, 0.4) is 0 Å². The van der Waals surface area contributed by atoms with E-state index in [-0.39, 0.29) is 17.3 Å². The largest absolute Gasteiger partial charge is 0.456 e. The van der Waals surface area contributed by atoms with Gasteiger partial charge in [0.1, 0.15) is 11.2 Å². The first-order valence-electron chi connectivity index (χ1n) is 19.8.